The number of carbonyl (C=O) groups excluding carboxylic acids is 1. The first-order valence-corrected chi connectivity index (χ1v) is 13.6. The molecule has 7 nitrogen and oxygen atoms in total. The molecule has 9 heteroatoms. The molecule has 0 saturated heterocycles. The van der Waals surface area contributed by atoms with Gasteiger partial charge in [-0.25, -0.2) is 8.96 Å². The Morgan fingerprint density at radius 2 is 1.67 bits per heavy atom. The number of hydrogen-bond donors (Lipinski definition) is 4. The van der Waals surface area contributed by atoms with Crippen LogP contribution >= 0.6 is 7.82 Å². The highest BCUT2D eigenvalue weighted by atomic mass is 31.2. The third-order valence-electron chi connectivity index (χ3n) is 6.33. The molecule has 1 aliphatic carbocycles. The molecule has 3 aromatic carbocycles. The molecule has 0 aromatic heterocycles. The number of hydrogen-bond acceptors (Lipinski definition) is 4. The van der Waals surface area contributed by atoms with Crippen LogP contribution in [0.2, 0.25) is 0 Å². The van der Waals surface area contributed by atoms with E-state index in [2.05, 4.69) is 15.2 Å². The molecule has 0 radical (unpaired) electrons. The summed E-state index contributed by atoms with van der Waals surface area (Å²) >= 11 is 0. The number of carbonyl (C=O) groups is 1. The number of nitrogens with one attached hydrogen (secondary N) is 2. The first kappa shape index (κ1) is 25.9. The van der Waals surface area contributed by atoms with Crippen molar-refractivity contribution in [1.29, 1.82) is 0 Å². The van der Waals surface area contributed by atoms with Crippen LogP contribution < -0.4 is 15.2 Å². The number of phosphoric ester groups is 1. The summed E-state index contributed by atoms with van der Waals surface area (Å²) < 4.78 is 28.7. The van der Waals surface area contributed by atoms with Gasteiger partial charge < -0.3 is 15.2 Å². The van der Waals surface area contributed by atoms with Gasteiger partial charge in [0.15, 0.2) is 0 Å². The maximum Gasteiger partial charge on any atom is 0.524 e. The normalized spacial score (nSPS) is 14.3. The predicted molar refractivity (Wildman–Crippen MR) is 138 cm³/mol. The van der Waals surface area contributed by atoms with Crippen LogP contribution in [0.15, 0.2) is 66.7 Å². The van der Waals surface area contributed by atoms with Crippen molar-refractivity contribution in [2.75, 3.05) is 10.6 Å². The summed E-state index contributed by atoms with van der Waals surface area (Å²) in [5.74, 6) is 0.0300. The fourth-order valence-corrected chi connectivity index (χ4v) is 4.91. The lowest BCUT2D eigenvalue weighted by atomic mass is 9.84. The molecule has 0 spiro atoms. The van der Waals surface area contributed by atoms with E-state index in [0.717, 1.165) is 23.2 Å². The molecule has 0 bridgehead atoms. The van der Waals surface area contributed by atoms with Crippen LogP contribution in [0, 0.1) is 11.7 Å². The van der Waals surface area contributed by atoms with E-state index in [1.165, 1.54) is 68.5 Å². The Balaban J connectivity index is 1.48. The third kappa shape index (κ3) is 7.65. The van der Waals surface area contributed by atoms with Gasteiger partial charge in [-0.3, -0.25) is 14.6 Å². The molecule has 0 unspecified atom stereocenters. The molecule has 0 aliphatic heterocycles. The van der Waals surface area contributed by atoms with Crippen molar-refractivity contribution < 1.29 is 28.1 Å². The topological polar surface area (TPSA) is 108 Å². The number of halogens is 1. The van der Waals surface area contributed by atoms with Gasteiger partial charge in [0.1, 0.15) is 11.6 Å². The molecule has 36 heavy (non-hydrogen) atoms. The van der Waals surface area contributed by atoms with Crippen molar-refractivity contribution in [3.05, 3.63) is 89.2 Å². The summed E-state index contributed by atoms with van der Waals surface area (Å²) in [5.41, 5.74) is 3.99. The highest BCUT2D eigenvalue weighted by Gasteiger charge is 2.18. The van der Waals surface area contributed by atoms with E-state index < -0.39 is 7.82 Å². The number of rotatable bonds is 9. The van der Waals surface area contributed by atoms with Gasteiger partial charge >= 0.3 is 7.82 Å². The summed E-state index contributed by atoms with van der Waals surface area (Å²) in [4.78, 5) is 30.8. The molecule has 190 valence electrons. The minimum Gasteiger partial charge on any atom is -0.404 e. The smallest absolute Gasteiger partial charge is 0.404 e. The molecule has 1 amide bonds. The number of benzene rings is 3. The molecule has 0 heterocycles. The third-order valence-corrected chi connectivity index (χ3v) is 6.78. The van der Waals surface area contributed by atoms with Gasteiger partial charge in [0.25, 0.3) is 5.91 Å². The van der Waals surface area contributed by atoms with Crippen LogP contribution in [0.1, 0.15) is 53.6 Å². The van der Waals surface area contributed by atoms with Crippen LogP contribution in [0.3, 0.4) is 0 Å². The average Bonchev–Trinajstić information content (AvgIpc) is 2.85. The second kappa shape index (κ2) is 11.7. The maximum absolute atomic E-state index is 13.2. The lowest BCUT2D eigenvalue weighted by Gasteiger charge is -2.23. The maximum atomic E-state index is 13.2. The molecule has 1 fully saturated rings. The molecule has 1 saturated carbocycles. The Hall–Kier alpha value is -3.19. The van der Waals surface area contributed by atoms with Crippen LogP contribution in [-0.2, 0) is 17.5 Å². The van der Waals surface area contributed by atoms with Crippen molar-refractivity contribution in [2.45, 2.75) is 45.1 Å². The molecular weight excluding hydrogens is 482 g/mol. The van der Waals surface area contributed by atoms with Crippen molar-refractivity contribution in [3.63, 3.8) is 0 Å². The van der Waals surface area contributed by atoms with Gasteiger partial charge in [-0.15, -0.1) is 0 Å². The fraction of sp³-hybridized carbons (Fsp3) is 0.296. The van der Waals surface area contributed by atoms with Crippen LogP contribution in [0.4, 0.5) is 15.8 Å². The molecule has 3 aromatic rings. The predicted octanol–water partition coefficient (Wildman–Crippen LogP) is 6.28. The lowest BCUT2D eigenvalue weighted by molar-refractivity contribution is 0.102. The quantitative estimate of drug-likeness (QED) is 0.251. The van der Waals surface area contributed by atoms with Crippen LogP contribution in [0.25, 0.3) is 0 Å². The van der Waals surface area contributed by atoms with Gasteiger partial charge in [-0.2, -0.15) is 0 Å². The van der Waals surface area contributed by atoms with E-state index >= 15 is 0 Å². The van der Waals surface area contributed by atoms with E-state index in [1.54, 1.807) is 18.2 Å². The van der Waals surface area contributed by atoms with Crippen LogP contribution in [-0.4, -0.2) is 15.7 Å². The van der Waals surface area contributed by atoms with E-state index in [0.29, 0.717) is 23.7 Å². The molecule has 0 atom stereocenters. The Kier molecular flexibility index (Phi) is 8.41. The molecule has 4 rings (SSSR count). The number of phosphoric acid groups is 1. The minimum atomic E-state index is -4.64. The van der Waals surface area contributed by atoms with Crippen molar-refractivity contribution in [1.82, 2.24) is 0 Å². The van der Waals surface area contributed by atoms with Crippen molar-refractivity contribution in [3.8, 4) is 5.75 Å². The van der Waals surface area contributed by atoms with E-state index in [-0.39, 0.29) is 17.5 Å². The van der Waals surface area contributed by atoms with Crippen molar-refractivity contribution in [2.24, 2.45) is 5.92 Å². The summed E-state index contributed by atoms with van der Waals surface area (Å²) in [5, 5.41) is 6.26. The highest BCUT2D eigenvalue weighted by Crippen LogP contribution is 2.37. The Bertz CT molecular complexity index is 1220. The Labute approximate surface area is 210 Å². The molecule has 4 N–H and O–H groups in total. The van der Waals surface area contributed by atoms with Crippen LogP contribution in [0.5, 0.6) is 5.75 Å². The zero-order valence-corrected chi connectivity index (χ0v) is 20.7. The zero-order chi connectivity index (χ0) is 25.5. The molecular formula is C27H30FN2O5P. The largest absolute Gasteiger partial charge is 0.524 e. The fourth-order valence-electron chi connectivity index (χ4n) is 4.52. The lowest BCUT2D eigenvalue weighted by Crippen LogP contribution is -2.15. The van der Waals surface area contributed by atoms with E-state index in [4.69, 9.17) is 9.79 Å². The Morgan fingerprint density at radius 3 is 2.33 bits per heavy atom. The number of amides is 1. The zero-order valence-electron chi connectivity index (χ0n) is 19.8. The van der Waals surface area contributed by atoms with Gasteiger partial charge in [0.2, 0.25) is 0 Å². The summed E-state index contributed by atoms with van der Waals surface area (Å²) in [6.07, 6.45) is 6.96. The SMILES string of the molecule is O=C(Nc1ccc(OP(=O)(O)O)cc1)c1ccc(NCc2ccc(F)cc2)c(CC2CCCCC2)c1. The second-order valence-corrected chi connectivity index (χ2v) is 10.3. The second-order valence-electron chi connectivity index (χ2n) is 9.12. The van der Waals surface area contributed by atoms with E-state index in [9.17, 15) is 13.8 Å². The minimum absolute atomic E-state index is 0.00711. The first-order valence-electron chi connectivity index (χ1n) is 12.0. The van der Waals surface area contributed by atoms with Gasteiger partial charge in [-0.05, 0) is 78.1 Å². The van der Waals surface area contributed by atoms with Gasteiger partial charge in [0.05, 0.1) is 0 Å². The van der Waals surface area contributed by atoms with Gasteiger partial charge in [0, 0.05) is 23.5 Å². The Morgan fingerprint density at radius 1 is 0.972 bits per heavy atom. The van der Waals surface area contributed by atoms with E-state index in [1.807, 2.05) is 12.1 Å². The van der Waals surface area contributed by atoms with Gasteiger partial charge in [-0.1, -0.05) is 44.2 Å². The van der Waals surface area contributed by atoms with Crippen molar-refractivity contribution >= 4 is 25.1 Å². The molecule has 1 aliphatic rings. The number of anilines is 2. The summed E-state index contributed by atoms with van der Waals surface area (Å²) in [7, 11) is -4.64. The average molecular weight is 513 g/mol. The first-order chi connectivity index (χ1) is 17.2. The summed E-state index contributed by atoms with van der Waals surface area (Å²) in [6.45, 7) is 0.548. The summed E-state index contributed by atoms with van der Waals surface area (Å²) in [6, 6.07) is 17.8. The standard InChI is InChI=1S/C27H30FN2O5P/c28-23-9-6-20(7-10-23)18-29-26-15-8-21(17-22(26)16-19-4-2-1-3-5-19)27(31)30-24-11-13-25(14-12-24)35-36(32,33)34/h6-15,17,19,29H,1-5,16,18H2,(H,30,31)(H2,32,33,34). The highest BCUT2D eigenvalue weighted by molar-refractivity contribution is 7.46. The monoisotopic (exact) mass is 512 g/mol.